The van der Waals surface area contributed by atoms with Gasteiger partial charge in [-0.15, -0.1) is 0 Å². The summed E-state index contributed by atoms with van der Waals surface area (Å²) in [6, 6.07) is 9.28. The average molecular weight is 291 g/mol. The van der Waals surface area contributed by atoms with E-state index in [9.17, 15) is 9.59 Å². The maximum Gasteiger partial charge on any atom is 0.319 e. The van der Waals surface area contributed by atoms with E-state index in [-0.39, 0.29) is 11.8 Å². The van der Waals surface area contributed by atoms with E-state index >= 15 is 0 Å². The van der Waals surface area contributed by atoms with Crippen molar-refractivity contribution in [3.63, 3.8) is 0 Å². The number of carbonyl (C=O) groups is 2. The molecule has 4 heteroatoms. The largest absolute Gasteiger partial charge is 0.459 e. The third-order valence-corrected chi connectivity index (χ3v) is 3.07. The van der Waals surface area contributed by atoms with Crippen LogP contribution in [0.5, 0.6) is 0 Å². The van der Waals surface area contributed by atoms with Crippen molar-refractivity contribution >= 4 is 17.6 Å². The van der Waals surface area contributed by atoms with Gasteiger partial charge in [0.2, 0.25) is 5.91 Å². The third kappa shape index (κ3) is 4.88. The lowest BCUT2D eigenvalue weighted by atomic mass is 9.94. The predicted molar refractivity (Wildman–Crippen MR) is 84.0 cm³/mol. The number of carbonyl (C=O) groups excluding carboxylic acids is 2. The molecular weight excluding hydrogens is 266 g/mol. The van der Waals surface area contributed by atoms with Crippen molar-refractivity contribution in [2.24, 2.45) is 11.8 Å². The van der Waals surface area contributed by atoms with Gasteiger partial charge in [-0.3, -0.25) is 9.59 Å². The Labute approximate surface area is 127 Å². The van der Waals surface area contributed by atoms with Gasteiger partial charge in [-0.2, -0.15) is 0 Å². The fourth-order valence-corrected chi connectivity index (χ4v) is 2.01. The topological polar surface area (TPSA) is 46.6 Å². The molecule has 1 atom stereocenters. The van der Waals surface area contributed by atoms with Crippen LogP contribution in [0.25, 0.3) is 0 Å². The maximum absolute atomic E-state index is 12.6. The van der Waals surface area contributed by atoms with Gasteiger partial charge in [0, 0.05) is 12.7 Å². The van der Waals surface area contributed by atoms with Gasteiger partial charge in [0.15, 0.2) is 0 Å². The predicted octanol–water partition coefficient (Wildman–Crippen LogP) is 3.26. The summed E-state index contributed by atoms with van der Waals surface area (Å²) in [6.07, 6.45) is 0. The van der Waals surface area contributed by atoms with Crippen LogP contribution in [0.2, 0.25) is 0 Å². The molecule has 0 saturated heterocycles. The first kappa shape index (κ1) is 17.2. The summed E-state index contributed by atoms with van der Waals surface area (Å²) in [6.45, 7) is 9.10. The number of anilines is 1. The quantitative estimate of drug-likeness (QED) is 0.632. The molecule has 116 valence electrons. The third-order valence-electron chi connectivity index (χ3n) is 3.07. The van der Waals surface area contributed by atoms with Crippen molar-refractivity contribution in [2.75, 3.05) is 11.9 Å². The molecule has 0 aliphatic rings. The average Bonchev–Trinajstić information content (AvgIpc) is 2.36. The van der Waals surface area contributed by atoms with Crippen LogP contribution in [-0.2, 0) is 14.3 Å². The molecule has 0 aliphatic carbocycles. The zero-order chi connectivity index (χ0) is 16.2. The Hall–Kier alpha value is -1.84. The molecule has 0 aromatic heterocycles. The molecule has 1 amide bonds. The van der Waals surface area contributed by atoms with Gasteiger partial charge in [-0.25, -0.2) is 0 Å². The highest BCUT2D eigenvalue weighted by atomic mass is 16.6. The molecular formula is C17H25NO3. The molecule has 0 spiro atoms. The van der Waals surface area contributed by atoms with Crippen LogP contribution in [0.3, 0.4) is 0 Å². The van der Waals surface area contributed by atoms with Crippen molar-refractivity contribution < 1.29 is 14.3 Å². The van der Waals surface area contributed by atoms with E-state index in [1.165, 1.54) is 4.90 Å². The lowest BCUT2D eigenvalue weighted by Gasteiger charge is -2.28. The number of para-hydroxylation sites is 1. The highest BCUT2D eigenvalue weighted by Gasteiger charge is 2.35. The van der Waals surface area contributed by atoms with Crippen LogP contribution in [0.4, 0.5) is 5.69 Å². The van der Waals surface area contributed by atoms with Crippen LogP contribution >= 0.6 is 0 Å². The van der Waals surface area contributed by atoms with Crippen molar-refractivity contribution in [1.82, 2.24) is 0 Å². The molecule has 0 aliphatic heterocycles. The summed E-state index contributed by atoms with van der Waals surface area (Å²) >= 11 is 0. The zero-order valence-corrected chi connectivity index (χ0v) is 13.7. The molecule has 0 N–H and O–H groups in total. The molecule has 0 radical (unpaired) electrons. The standard InChI is InChI=1S/C17H25NO3/c1-12(2)14(16(20)21-17(3,4)5)15(19)18(6)13-10-8-7-9-11-13/h7-12,14H,1-6H3. The Morgan fingerprint density at radius 3 is 2.05 bits per heavy atom. The van der Waals surface area contributed by atoms with E-state index in [1.807, 2.05) is 44.2 Å². The summed E-state index contributed by atoms with van der Waals surface area (Å²) in [7, 11) is 1.68. The first-order chi connectivity index (χ1) is 9.63. The summed E-state index contributed by atoms with van der Waals surface area (Å²) in [5.41, 5.74) is 0.159. The van der Waals surface area contributed by atoms with Gasteiger partial charge in [0.05, 0.1) is 0 Å². The molecule has 4 nitrogen and oxygen atoms in total. The number of benzene rings is 1. The van der Waals surface area contributed by atoms with Gasteiger partial charge in [-0.05, 0) is 38.8 Å². The summed E-state index contributed by atoms with van der Waals surface area (Å²) in [4.78, 5) is 26.5. The highest BCUT2D eigenvalue weighted by molar-refractivity contribution is 6.06. The number of ether oxygens (including phenoxy) is 1. The number of hydrogen-bond acceptors (Lipinski definition) is 3. The van der Waals surface area contributed by atoms with Crippen LogP contribution in [0.15, 0.2) is 30.3 Å². The Morgan fingerprint density at radius 2 is 1.62 bits per heavy atom. The first-order valence-corrected chi connectivity index (χ1v) is 7.19. The lowest BCUT2D eigenvalue weighted by molar-refractivity contribution is -0.163. The van der Waals surface area contributed by atoms with E-state index in [4.69, 9.17) is 4.74 Å². The molecule has 21 heavy (non-hydrogen) atoms. The molecule has 1 rings (SSSR count). The van der Waals surface area contributed by atoms with E-state index in [0.29, 0.717) is 0 Å². The number of nitrogens with zero attached hydrogens (tertiary/aromatic N) is 1. The second kappa shape index (κ2) is 6.74. The van der Waals surface area contributed by atoms with Crippen LogP contribution in [0, 0.1) is 11.8 Å². The van der Waals surface area contributed by atoms with Crippen molar-refractivity contribution in [3.8, 4) is 0 Å². The van der Waals surface area contributed by atoms with Crippen molar-refractivity contribution in [2.45, 2.75) is 40.2 Å². The van der Waals surface area contributed by atoms with Crippen LogP contribution in [-0.4, -0.2) is 24.5 Å². The second-order valence-corrected chi connectivity index (χ2v) is 6.49. The van der Waals surface area contributed by atoms with E-state index in [2.05, 4.69) is 0 Å². The smallest absolute Gasteiger partial charge is 0.319 e. The Morgan fingerprint density at radius 1 is 1.10 bits per heavy atom. The van der Waals surface area contributed by atoms with Crippen molar-refractivity contribution in [3.05, 3.63) is 30.3 Å². The first-order valence-electron chi connectivity index (χ1n) is 7.19. The fourth-order valence-electron chi connectivity index (χ4n) is 2.01. The normalized spacial score (nSPS) is 12.9. The SMILES string of the molecule is CC(C)C(C(=O)OC(C)(C)C)C(=O)N(C)c1ccccc1. The molecule has 0 bridgehead atoms. The summed E-state index contributed by atoms with van der Waals surface area (Å²) < 4.78 is 5.38. The van der Waals surface area contributed by atoms with Crippen molar-refractivity contribution in [1.29, 1.82) is 0 Å². The van der Waals surface area contributed by atoms with E-state index in [0.717, 1.165) is 5.69 Å². The minimum absolute atomic E-state index is 0.126. The van der Waals surface area contributed by atoms with Gasteiger partial charge >= 0.3 is 5.97 Å². The Kier molecular flexibility index (Phi) is 5.53. The monoisotopic (exact) mass is 291 g/mol. The maximum atomic E-state index is 12.6. The number of amides is 1. The molecule has 0 saturated carbocycles. The van der Waals surface area contributed by atoms with Crippen LogP contribution in [0.1, 0.15) is 34.6 Å². The van der Waals surface area contributed by atoms with Gasteiger partial charge in [0.1, 0.15) is 11.5 Å². The molecule has 0 heterocycles. The Balaban J connectivity index is 2.95. The molecule has 0 fully saturated rings. The van der Waals surface area contributed by atoms with Gasteiger partial charge in [-0.1, -0.05) is 32.0 Å². The minimum atomic E-state index is -0.797. The van der Waals surface area contributed by atoms with Crippen LogP contribution < -0.4 is 4.90 Å². The number of rotatable bonds is 4. The second-order valence-electron chi connectivity index (χ2n) is 6.49. The lowest BCUT2D eigenvalue weighted by Crippen LogP contribution is -2.42. The van der Waals surface area contributed by atoms with Gasteiger partial charge in [0.25, 0.3) is 0 Å². The van der Waals surface area contributed by atoms with E-state index in [1.54, 1.807) is 27.8 Å². The number of hydrogen-bond donors (Lipinski definition) is 0. The molecule has 1 unspecified atom stereocenters. The highest BCUT2D eigenvalue weighted by Crippen LogP contribution is 2.22. The summed E-state index contributed by atoms with van der Waals surface area (Å²) in [5, 5.41) is 0. The number of esters is 1. The fraction of sp³-hybridized carbons (Fsp3) is 0.529. The molecule has 1 aromatic carbocycles. The summed E-state index contributed by atoms with van der Waals surface area (Å²) in [5.74, 6) is -1.64. The van der Waals surface area contributed by atoms with Gasteiger partial charge < -0.3 is 9.64 Å². The van der Waals surface area contributed by atoms with E-state index < -0.39 is 17.5 Å². The Bertz CT molecular complexity index is 489. The zero-order valence-electron chi connectivity index (χ0n) is 13.7. The molecule has 1 aromatic rings. The minimum Gasteiger partial charge on any atom is -0.459 e.